The summed E-state index contributed by atoms with van der Waals surface area (Å²) < 4.78 is 14.7. The number of halogens is 1. The molecule has 0 radical (unpaired) electrons. The minimum absolute atomic E-state index is 0.0125. The van der Waals surface area contributed by atoms with E-state index >= 15 is 0 Å². The average molecular weight is 476 g/mol. The molecular weight excluding hydrogens is 455 g/mol. The third-order valence-electron chi connectivity index (χ3n) is 5.38. The second-order valence-corrected chi connectivity index (χ2v) is 7.93. The highest BCUT2D eigenvalue weighted by Crippen LogP contribution is 2.13. The highest BCUT2D eigenvalue weighted by molar-refractivity contribution is 5.98. The summed E-state index contributed by atoms with van der Waals surface area (Å²) in [5, 5.41) is 22.2. The van der Waals surface area contributed by atoms with E-state index in [1.807, 2.05) is 0 Å². The molecule has 0 saturated heterocycles. The molecule has 0 saturated carbocycles. The van der Waals surface area contributed by atoms with Gasteiger partial charge in [0.2, 0.25) is 0 Å². The number of aromatic nitrogens is 4. The molecule has 4 rings (SSSR count). The number of carboxylic acids is 1. The SMILES string of the molecule is Cc1cc(CNC(=O)c2cc(C(=O)NCc3ccc(C(=O)O)c(C)c3)nc3cnnn23)ccc1F. The Morgan fingerprint density at radius 1 is 0.943 bits per heavy atom. The maximum atomic E-state index is 13.5. The van der Waals surface area contributed by atoms with E-state index in [4.69, 9.17) is 5.11 Å². The van der Waals surface area contributed by atoms with Gasteiger partial charge in [-0.15, -0.1) is 5.10 Å². The van der Waals surface area contributed by atoms with E-state index in [9.17, 15) is 18.8 Å². The van der Waals surface area contributed by atoms with Gasteiger partial charge in [-0.1, -0.05) is 29.5 Å². The number of carbonyl (C=O) groups is 3. The first-order valence-electron chi connectivity index (χ1n) is 10.6. The van der Waals surface area contributed by atoms with Crippen LogP contribution in [-0.4, -0.2) is 42.7 Å². The van der Waals surface area contributed by atoms with Crippen LogP contribution in [0.3, 0.4) is 0 Å². The van der Waals surface area contributed by atoms with Gasteiger partial charge in [-0.3, -0.25) is 9.59 Å². The Bertz CT molecular complexity index is 1470. The van der Waals surface area contributed by atoms with Crippen molar-refractivity contribution in [3.8, 4) is 0 Å². The van der Waals surface area contributed by atoms with Crippen molar-refractivity contribution in [2.45, 2.75) is 26.9 Å². The fourth-order valence-electron chi connectivity index (χ4n) is 3.54. The minimum atomic E-state index is -1.02. The van der Waals surface area contributed by atoms with E-state index in [-0.39, 0.29) is 41.5 Å². The number of rotatable bonds is 7. The van der Waals surface area contributed by atoms with Crippen LogP contribution < -0.4 is 10.6 Å². The zero-order chi connectivity index (χ0) is 25.1. The molecule has 35 heavy (non-hydrogen) atoms. The van der Waals surface area contributed by atoms with E-state index in [1.54, 1.807) is 38.1 Å². The molecular formula is C24H21FN6O4. The number of aryl methyl sites for hydroxylation is 2. The molecule has 2 amide bonds. The molecule has 4 aromatic rings. The molecule has 0 aliphatic rings. The monoisotopic (exact) mass is 476 g/mol. The summed E-state index contributed by atoms with van der Waals surface area (Å²) in [7, 11) is 0. The van der Waals surface area contributed by atoms with Crippen LogP contribution in [0.1, 0.15) is 53.6 Å². The van der Waals surface area contributed by atoms with Crippen molar-refractivity contribution in [2.24, 2.45) is 0 Å². The number of fused-ring (bicyclic) bond motifs is 1. The highest BCUT2D eigenvalue weighted by Gasteiger charge is 2.18. The van der Waals surface area contributed by atoms with E-state index in [0.29, 0.717) is 22.3 Å². The Kier molecular flexibility index (Phi) is 6.49. The van der Waals surface area contributed by atoms with Crippen molar-refractivity contribution in [3.63, 3.8) is 0 Å². The molecule has 3 N–H and O–H groups in total. The van der Waals surface area contributed by atoms with E-state index in [0.717, 1.165) is 0 Å². The summed E-state index contributed by atoms with van der Waals surface area (Å²) in [4.78, 5) is 41.0. The quantitative estimate of drug-likeness (QED) is 0.372. The number of amides is 2. The Morgan fingerprint density at radius 2 is 1.60 bits per heavy atom. The zero-order valence-electron chi connectivity index (χ0n) is 18.9. The van der Waals surface area contributed by atoms with Gasteiger partial charge in [0.1, 0.15) is 17.2 Å². The topological polar surface area (TPSA) is 139 Å². The number of nitrogens with one attached hydrogen (secondary N) is 2. The standard InChI is InChI=1S/C24H21FN6O4/c1-13-7-15(3-5-17(13)24(34)35)10-26-22(32)19-9-20(31-21(29-19)12-28-30-31)23(33)27-11-16-4-6-18(25)14(2)8-16/h3-9,12H,10-11H2,1-2H3,(H,26,32)(H,27,33)(H,34,35). The first-order chi connectivity index (χ1) is 16.7. The van der Waals surface area contributed by atoms with Crippen LogP contribution in [0.4, 0.5) is 4.39 Å². The second-order valence-electron chi connectivity index (χ2n) is 7.93. The van der Waals surface area contributed by atoms with E-state index in [2.05, 4.69) is 25.9 Å². The Morgan fingerprint density at radius 3 is 2.26 bits per heavy atom. The Hall–Kier alpha value is -4.67. The Labute approximate surface area is 198 Å². The second kappa shape index (κ2) is 9.67. The summed E-state index contributed by atoms with van der Waals surface area (Å²) in [6, 6.07) is 10.6. The van der Waals surface area contributed by atoms with E-state index < -0.39 is 17.8 Å². The molecule has 2 heterocycles. The Balaban J connectivity index is 1.50. The van der Waals surface area contributed by atoms with Crippen LogP contribution in [0.25, 0.3) is 5.65 Å². The van der Waals surface area contributed by atoms with Crippen LogP contribution in [-0.2, 0) is 13.1 Å². The third-order valence-corrected chi connectivity index (χ3v) is 5.38. The van der Waals surface area contributed by atoms with Gasteiger partial charge in [0, 0.05) is 19.2 Å². The lowest BCUT2D eigenvalue weighted by Gasteiger charge is -2.10. The van der Waals surface area contributed by atoms with Crippen LogP contribution in [0, 0.1) is 19.7 Å². The molecule has 0 spiro atoms. The van der Waals surface area contributed by atoms with Gasteiger partial charge >= 0.3 is 5.97 Å². The van der Waals surface area contributed by atoms with Crippen molar-refractivity contribution in [1.29, 1.82) is 0 Å². The molecule has 0 atom stereocenters. The highest BCUT2D eigenvalue weighted by atomic mass is 19.1. The first-order valence-corrected chi connectivity index (χ1v) is 10.6. The van der Waals surface area contributed by atoms with Crippen LogP contribution in [0.15, 0.2) is 48.7 Å². The van der Waals surface area contributed by atoms with Crippen molar-refractivity contribution in [2.75, 3.05) is 0 Å². The summed E-state index contributed by atoms with van der Waals surface area (Å²) in [6.45, 7) is 3.59. The third kappa shape index (κ3) is 5.13. The maximum absolute atomic E-state index is 13.5. The predicted octanol–water partition coefficient (Wildman–Crippen LogP) is 2.44. The largest absolute Gasteiger partial charge is 0.478 e. The van der Waals surface area contributed by atoms with Crippen molar-refractivity contribution in [3.05, 3.63) is 93.7 Å². The van der Waals surface area contributed by atoms with Crippen LogP contribution >= 0.6 is 0 Å². The molecule has 0 aliphatic carbocycles. The van der Waals surface area contributed by atoms with Crippen molar-refractivity contribution >= 4 is 23.4 Å². The molecule has 2 aromatic heterocycles. The molecule has 0 unspecified atom stereocenters. The van der Waals surface area contributed by atoms with Crippen molar-refractivity contribution in [1.82, 2.24) is 30.4 Å². The van der Waals surface area contributed by atoms with Gasteiger partial charge in [0.05, 0.1) is 11.8 Å². The van der Waals surface area contributed by atoms with Gasteiger partial charge in [-0.05, 0) is 48.2 Å². The average Bonchev–Trinajstić information content (AvgIpc) is 3.31. The number of hydrogen-bond donors (Lipinski definition) is 3. The summed E-state index contributed by atoms with van der Waals surface area (Å²) in [5.74, 6) is -2.40. The van der Waals surface area contributed by atoms with E-state index in [1.165, 1.54) is 28.9 Å². The smallest absolute Gasteiger partial charge is 0.335 e. The fourth-order valence-corrected chi connectivity index (χ4v) is 3.54. The molecule has 2 aromatic carbocycles. The lowest BCUT2D eigenvalue weighted by Crippen LogP contribution is -2.28. The molecule has 0 bridgehead atoms. The fraction of sp³-hybridized carbons (Fsp3) is 0.167. The van der Waals surface area contributed by atoms with Gasteiger partial charge in [-0.2, -0.15) is 4.52 Å². The molecule has 11 heteroatoms. The van der Waals surface area contributed by atoms with Crippen LogP contribution in [0.2, 0.25) is 0 Å². The maximum Gasteiger partial charge on any atom is 0.335 e. The van der Waals surface area contributed by atoms with Gasteiger partial charge in [-0.25, -0.2) is 14.2 Å². The lowest BCUT2D eigenvalue weighted by molar-refractivity contribution is 0.0695. The summed E-state index contributed by atoms with van der Waals surface area (Å²) >= 11 is 0. The number of aromatic carboxylic acids is 1. The molecule has 0 fully saturated rings. The minimum Gasteiger partial charge on any atom is -0.478 e. The van der Waals surface area contributed by atoms with Crippen molar-refractivity contribution < 1.29 is 23.9 Å². The van der Waals surface area contributed by atoms with Gasteiger partial charge in [0.25, 0.3) is 11.8 Å². The molecule has 178 valence electrons. The molecule has 0 aliphatic heterocycles. The predicted molar refractivity (Wildman–Crippen MR) is 122 cm³/mol. The summed E-state index contributed by atoms with van der Waals surface area (Å²) in [6.07, 6.45) is 1.32. The normalized spacial score (nSPS) is 10.8. The lowest BCUT2D eigenvalue weighted by atomic mass is 10.1. The number of hydrogen-bond acceptors (Lipinski definition) is 6. The summed E-state index contributed by atoms with van der Waals surface area (Å²) in [5.41, 5.74) is 2.90. The van der Waals surface area contributed by atoms with Gasteiger partial charge in [0.15, 0.2) is 5.65 Å². The number of carbonyl (C=O) groups excluding carboxylic acids is 2. The number of benzene rings is 2. The first kappa shape index (κ1) is 23.5. The van der Waals surface area contributed by atoms with Gasteiger partial charge < -0.3 is 15.7 Å². The number of carboxylic acid groups (broad SMARTS) is 1. The number of nitrogens with zero attached hydrogens (tertiary/aromatic N) is 4. The zero-order valence-corrected chi connectivity index (χ0v) is 18.9. The van der Waals surface area contributed by atoms with Crippen LogP contribution in [0.5, 0.6) is 0 Å². The molecule has 10 nitrogen and oxygen atoms in total.